The maximum absolute atomic E-state index is 13.7. The number of carbonyl (C=O) groups is 1. The van der Waals surface area contributed by atoms with Crippen LogP contribution in [-0.2, 0) is 11.3 Å². The standard InChI is InChI=1S/C19H21F3N2O3/c1-12(18(25)23-15-7-5-4-6-14(15)20)24(2)11-13-8-9-16(27-19(21)22)17(10-13)26-3/h4-10,12,19H,11H2,1-3H3,(H,23,25)/p+1/t12-/m1/s1. The maximum Gasteiger partial charge on any atom is 0.387 e. The van der Waals surface area contributed by atoms with E-state index in [1.54, 1.807) is 31.2 Å². The second-order valence-corrected chi connectivity index (χ2v) is 6.08. The summed E-state index contributed by atoms with van der Waals surface area (Å²) in [6.07, 6.45) is 0. The summed E-state index contributed by atoms with van der Waals surface area (Å²) >= 11 is 0. The first-order valence-electron chi connectivity index (χ1n) is 8.31. The van der Waals surface area contributed by atoms with E-state index < -0.39 is 18.5 Å². The van der Waals surface area contributed by atoms with Crippen LogP contribution in [0.25, 0.3) is 0 Å². The monoisotopic (exact) mass is 383 g/mol. The minimum Gasteiger partial charge on any atom is -0.493 e. The zero-order valence-corrected chi connectivity index (χ0v) is 15.3. The molecule has 27 heavy (non-hydrogen) atoms. The van der Waals surface area contributed by atoms with E-state index in [-0.39, 0.29) is 23.1 Å². The van der Waals surface area contributed by atoms with Crippen molar-refractivity contribution in [1.82, 2.24) is 0 Å². The molecule has 0 saturated heterocycles. The van der Waals surface area contributed by atoms with E-state index in [2.05, 4.69) is 10.1 Å². The number of anilines is 1. The zero-order chi connectivity index (χ0) is 20.0. The zero-order valence-electron chi connectivity index (χ0n) is 15.3. The van der Waals surface area contributed by atoms with Gasteiger partial charge in [-0.25, -0.2) is 4.39 Å². The minimum atomic E-state index is -2.94. The molecule has 0 aliphatic carbocycles. The highest BCUT2D eigenvalue weighted by molar-refractivity contribution is 5.93. The fraction of sp³-hybridized carbons (Fsp3) is 0.316. The average Bonchev–Trinajstić information content (AvgIpc) is 2.63. The third-order valence-electron chi connectivity index (χ3n) is 4.19. The van der Waals surface area contributed by atoms with Crippen molar-refractivity contribution >= 4 is 11.6 Å². The Bertz CT molecular complexity index is 787. The Balaban J connectivity index is 2.04. The highest BCUT2D eigenvalue weighted by Crippen LogP contribution is 2.29. The fourth-order valence-corrected chi connectivity index (χ4v) is 2.52. The number of quaternary nitrogens is 1. The van der Waals surface area contributed by atoms with Gasteiger partial charge in [-0.05, 0) is 37.3 Å². The molecule has 2 rings (SSSR count). The van der Waals surface area contributed by atoms with Gasteiger partial charge in [-0.3, -0.25) is 4.79 Å². The molecule has 0 bridgehead atoms. The van der Waals surface area contributed by atoms with Crippen LogP contribution in [-0.4, -0.2) is 32.7 Å². The third kappa shape index (κ3) is 5.62. The van der Waals surface area contributed by atoms with Gasteiger partial charge in [-0.2, -0.15) is 8.78 Å². The summed E-state index contributed by atoms with van der Waals surface area (Å²) in [6, 6.07) is 10.1. The first-order valence-corrected chi connectivity index (χ1v) is 8.31. The number of halogens is 3. The quantitative estimate of drug-likeness (QED) is 0.737. The molecular weight excluding hydrogens is 361 g/mol. The first kappa shape index (κ1) is 20.6. The van der Waals surface area contributed by atoms with Crippen LogP contribution < -0.4 is 19.7 Å². The lowest BCUT2D eigenvalue weighted by atomic mass is 10.1. The second kappa shape index (κ2) is 9.27. The van der Waals surface area contributed by atoms with Gasteiger partial charge in [0.15, 0.2) is 17.5 Å². The molecule has 2 atom stereocenters. The van der Waals surface area contributed by atoms with Crippen LogP contribution >= 0.6 is 0 Å². The van der Waals surface area contributed by atoms with Gasteiger partial charge in [0.1, 0.15) is 12.4 Å². The molecule has 0 spiro atoms. The van der Waals surface area contributed by atoms with Gasteiger partial charge in [0, 0.05) is 5.56 Å². The molecule has 0 aliphatic rings. The van der Waals surface area contributed by atoms with E-state index in [1.807, 2.05) is 7.05 Å². The average molecular weight is 383 g/mol. The van der Waals surface area contributed by atoms with Gasteiger partial charge in [0.2, 0.25) is 0 Å². The molecule has 0 aromatic heterocycles. The Labute approximate surface area is 155 Å². The number of rotatable bonds is 8. The topological polar surface area (TPSA) is 52.0 Å². The first-order chi connectivity index (χ1) is 12.8. The third-order valence-corrected chi connectivity index (χ3v) is 4.19. The van der Waals surface area contributed by atoms with Crippen molar-refractivity contribution < 1.29 is 32.3 Å². The van der Waals surface area contributed by atoms with Crippen LogP contribution in [0.4, 0.5) is 18.9 Å². The second-order valence-electron chi connectivity index (χ2n) is 6.08. The number of nitrogens with one attached hydrogen (secondary N) is 2. The summed E-state index contributed by atoms with van der Waals surface area (Å²) in [7, 11) is 3.17. The molecular formula is C19H22F3N2O3+. The summed E-state index contributed by atoms with van der Waals surface area (Å²) in [5, 5.41) is 2.57. The molecule has 5 nitrogen and oxygen atoms in total. The summed E-state index contributed by atoms with van der Waals surface area (Å²) in [5.41, 5.74) is 0.897. The van der Waals surface area contributed by atoms with Crippen molar-refractivity contribution in [3.8, 4) is 11.5 Å². The normalized spacial score (nSPS) is 13.1. The van der Waals surface area contributed by atoms with Crippen molar-refractivity contribution in [3.63, 3.8) is 0 Å². The van der Waals surface area contributed by atoms with Gasteiger partial charge in [0.05, 0.1) is 19.8 Å². The molecule has 2 aromatic carbocycles. The van der Waals surface area contributed by atoms with Gasteiger partial charge in [-0.15, -0.1) is 0 Å². The van der Waals surface area contributed by atoms with Gasteiger partial charge >= 0.3 is 6.61 Å². The van der Waals surface area contributed by atoms with E-state index in [0.717, 1.165) is 10.5 Å². The van der Waals surface area contributed by atoms with E-state index in [9.17, 15) is 18.0 Å². The molecule has 0 aliphatic heterocycles. The van der Waals surface area contributed by atoms with Crippen LogP contribution in [0.1, 0.15) is 12.5 Å². The lowest BCUT2D eigenvalue weighted by Crippen LogP contribution is -3.12. The van der Waals surface area contributed by atoms with Crippen LogP contribution in [0.3, 0.4) is 0 Å². The predicted octanol–water partition coefficient (Wildman–Crippen LogP) is 2.48. The Kier molecular flexibility index (Phi) is 7.06. The van der Waals surface area contributed by atoms with Crippen molar-refractivity contribution in [1.29, 1.82) is 0 Å². The molecule has 0 heterocycles. The number of hydrogen-bond donors (Lipinski definition) is 2. The summed E-state index contributed by atoms with van der Waals surface area (Å²) in [6.45, 7) is -0.797. The largest absolute Gasteiger partial charge is 0.493 e. The predicted molar refractivity (Wildman–Crippen MR) is 94.7 cm³/mol. The van der Waals surface area contributed by atoms with Gasteiger partial charge in [-0.1, -0.05) is 12.1 Å². The lowest BCUT2D eigenvalue weighted by molar-refractivity contribution is -0.907. The summed E-state index contributed by atoms with van der Waals surface area (Å²) in [5.74, 6) is -0.708. The highest BCUT2D eigenvalue weighted by Gasteiger charge is 2.23. The number of ether oxygens (including phenoxy) is 2. The van der Waals surface area contributed by atoms with Crippen LogP contribution in [0.5, 0.6) is 11.5 Å². The van der Waals surface area contributed by atoms with Crippen molar-refractivity contribution in [2.45, 2.75) is 26.1 Å². The molecule has 0 saturated carbocycles. The number of alkyl halides is 2. The number of amides is 1. The molecule has 2 aromatic rings. The van der Waals surface area contributed by atoms with Crippen molar-refractivity contribution in [2.24, 2.45) is 0 Å². The number of carbonyl (C=O) groups excluding carboxylic acids is 1. The maximum atomic E-state index is 13.7. The highest BCUT2D eigenvalue weighted by atomic mass is 19.3. The van der Waals surface area contributed by atoms with Crippen molar-refractivity contribution in [3.05, 3.63) is 53.8 Å². The summed E-state index contributed by atoms with van der Waals surface area (Å²) < 4.78 is 47.9. The SMILES string of the molecule is COc1cc(C[NH+](C)[C@H](C)C(=O)Nc2ccccc2F)ccc1OC(F)F. The van der Waals surface area contributed by atoms with E-state index in [1.165, 1.54) is 25.3 Å². The number of methoxy groups -OCH3 is 1. The van der Waals surface area contributed by atoms with E-state index >= 15 is 0 Å². The lowest BCUT2D eigenvalue weighted by Gasteiger charge is -2.21. The Morgan fingerprint density at radius 2 is 1.89 bits per heavy atom. The molecule has 2 N–H and O–H groups in total. The number of para-hydroxylation sites is 1. The van der Waals surface area contributed by atoms with E-state index in [0.29, 0.717) is 6.54 Å². The minimum absolute atomic E-state index is 0.0563. The molecule has 0 fully saturated rings. The molecule has 0 radical (unpaired) electrons. The molecule has 8 heteroatoms. The Morgan fingerprint density at radius 3 is 2.52 bits per heavy atom. The molecule has 146 valence electrons. The Hall–Kier alpha value is -2.74. The number of hydrogen-bond acceptors (Lipinski definition) is 3. The van der Waals surface area contributed by atoms with Gasteiger partial charge in [0.25, 0.3) is 5.91 Å². The molecule has 1 unspecified atom stereocenters. The number of benzene rings is 2. The van der Waals surface area contributed by atoms with Crippen molar-refractivity contribution in [2.75, 3.05) is 19.5 Å². The molecule has 1 amide bonds. The fourth-order valence-electron chi connectivity index (χ4n) is 2.52. The van der Waals surface area contributed by atoms with Gasteiger partial charge < -0.3 is 19.7 Å². The number of likely N-dealkylation sites (N-methyl/N-ethyl adjacent to an activating group) is 1. The van der Waals surface area contributed by atoms with Crippen LogP contribution in [0.15, 0.2) is 42.5 Å². The smallest absolute Gasteiger partial charge is 0.387 e. The summed E-state index contributed by atoms with van der Waals surface area (Å²) in [4.78, 5) is 13.2. The van der Waals surface area contributed by atoms with Crippen LogP contribution in [0, 0.1) is 5.82 Å². The van der Waals surface area contributed by atoms with E-state index in [4.69, 9.17) is 4.74 Å². The van der Waals surface area contributed by atoms with Crippen LogP contribution in [0.2, 0.25) is 0 Å². The Morgan fingerprint density at radius 1 is 1.19 bits per heavy atom.